The first-order chi connectivity index (χ1) is 13.4. The highest BCUT2D eigenvalue weighted by Gasteiger charge is 2.35. The number of pyridine rings is 1. The van der Waals surface area contributed by atoms with Crippen molar-refractivity contribution in [2.45, 2.75) is 6.10 Å². The van der Waals surface area contributed by atoms with E-state index >= 15 is 0 Å². The maximum absolute atomic E-state index is 12.7. The van der Waals surface area contributed by atoms with Crippen molar-refractivity contribution in [3.63, 3.8) is 0 Å². The van der Waals surface area contributed by atoms with E-state index in [0.717, 1.165) is 5.56 Å². The predicted molar refractivity (Wildman–Crippen MR) is 112 cm³/mol. The summed E-state index contributed by atoms with van der Waals surface area (Å²) in [6.07, 6.45) is 3.13. The van der Waals surface area contributed by atoms with Gasteiger partial charge in [-0.05, 0) is 24.3 Å². The van der Waals surface area contributed by atoms with Crippen molar-refractivity contribution in [1.82, 2.24) is 14.9 Å². The number of thiazole rings is 1. The Kier molecular flexibility index (Phi) is 5.67. The molecule has 0 spiro atoms. The van der Waals surface area contributed by atoms with Crippen LogP contribution in [0.2, 0.25) is 20.2 Å². The van der Waals surface area contributed by atoms with Crippen molar-refractivity contribution in [3.05, 3.63) is 61.8 Å². The first-order valence-electron chi connectivity index (χ1n) is 8.09. The lowest BCUT2D eigenvalue weighted by Crippen LogP contribution is -2.56. The van der Waals surface area contributed by atoms with Crippen LogP contribution in [0.25, 0.3) is 10.6 Å². The van der Waals surface area contributed by atoms with Crippen molar-refractivity contribution in [2.24, 2.45) is 0 Å². The summed E-state index contributed by atoms with van der Waals surface area (Å²) in [5, 5.41) is 1.91. The standard InChI is InChI=1S/C18H11Cl4N3O2S/c19-10-4-12(20)14(13(21)5-10)27-11-7-25(8-11)18(26)15-16(22)24-17(28-15)9-2-1-3-23-6-9/h1-6,11H,7-8H2. The molecule has 3 aromatic rings. The van der Waals surface area contributed by atoms with Crippen molar-refractivity contribution >= 4 is 63.6 Å². The fraction of sp³-hybridized carbons (Fsp3) is 0.167. The molecular weight excluding hydrogens is 464 g/mol. The van der Waals surface area contributed by atoms with Gasteiger partial charge < -0.3 is 9.64 Å². The van der Waals surface area contributed by atoms with E-state index in [2.05, 4.69) is 9.97 Å². The van der Waals surface area contributed by atoms with Gasteiger partial charge in [0.2, 0.25) is 0 Å². The van der Waals surface area contributed by atoms with Gasteiger partial charge in [-0.15, -0.1) is 11.3 Å². The quantitative estimate of drug-likeness (QED) is 0.485. The second-order valence-electron chi connectivity index (χ2n) is 6.03. The van der Waals surface area contributed by atoms with Crippen molar-refractivity contribution in [2.75, 3.05) is 13.1 Å². The third-order valence-electron chi connectivity index (χ3n) is 4.07. The summed E-state index contributed by atoms with van der Waals surface area (Å²) in [7, 11) is 0. The second-order valence-corrected chi connectivity index (χ2v) is 8.64. The third-order valence-corrected chi connectivity index (χ3v) is 6.33. The van der Waals surface area contributed by atoms with Crippen LogP contribution in [0.1, 0.15) is 9.67 Å². The van der Waals surface area contributed by atoms with E-state index < -0.39 is 0 Å². The van der Waals surface area contributed by atoms with E-state index in [0.29, 0.717) is 43.8 Å². The third kappa shape index (κ3) is 3.93. The maximum atomic E-state index is 12.7. The molecule has 0 aliphatic carbocycles. The zero-order valence-electron chi connectivity index (χ0n) is 14.0. The van der Waals surface area contributed by atoms with Gasteiger partial charge in [0, 0.05) is 23.0 Å². The number of likely N-dealkylation sites (tertiary alicyclic amines) is 1. The molecule has 10 heteroatoms. The lowest BCUT2D eigenvalue weighted by Gasteiger charge is -2.39. The molecule has 1 aliphatic rings. The molecule has 1 amide bonds. The number of carbonyl (C=O) groups excluding carboxylic acids is 1. The van der Waals surface area contributed by atoms with Crippen LogP contribution in [0.4, 0.5) is 0 Å². The van der Waals surface area contributed by atoms with Crippen LogP contribution in [0.3, 0.4) is 0 Å². The number of aromatic nitrogens is 2. The van der Waals surface area contributed by atoms with Gasteiger partial charge in [0.15, 0.2) is 10.9 Å². The maximum Gasteiger partial charge on any atom is 0.267 e. The van der Waals surface area contributed by atoms with Gasteiger partial charge in [-0.3, -0.25) is 9.78 Å². The summed E-state index contributed by atoms with van der Waals surface area (Å²) in [5.41, 5.74) is 0.810. The highest BCUT2D eigenvalue weighted by molar-refractivity contribution is 7.17. The smallest absolute Gasteiger partial charge is 0.267 e. The van der Waals surface area contributed by atoms with E-state index in [9.17, 15) is 4.79 Å². The fourth-order valence-electron chi connectivity index (χ4n) is 2.68. The molecule has 3 heterocycles. The van der Waals surface area contributed by atoms with Crippen LogP contribution in [-0.2, 0) is 0 Å². The Balaban J connectivity index is 1.43. The van der Waals surface area contributed by atoms with Gasteiger partial charge in [-0.2, -0.15) is 0 Å². The molecule has 5 nitrogen and oxygen atoms in total. The number of ether oxygens (including phenoxy) is 1. The van der Waals surface area contributed by atoms with Crippen molar-refractivity contribution in [1.29, 1.82) is 0 Å². The Morgan fingerprint density at radius 1 is 1.18 bits per heavy atom. The minimum Gasteiger partial charge on any atom is -0.484 e. The molecule has 1 saturated heterocycles. The zero-order valence-corrected chi connectivity index (χ0v) is 17.9. The first kappa shape index (κ1) is 19.7. The summed E-state index contributed by atoms with van der Waals surface area (Å²) in [6.45, 7) is 0.787. The number of carbonyl (C=O) groups is 1. The Labute approximate surface area is 184 Å². The number of benzene rings is 1. The summed E-state index contributed by atoms with van der Waals surface area (Å²) in [4.78, 5) is 23.1. The van der Waals surface area contributed by atoms with E-state index in [4.69, 9.17) is 51.1 Å². The Morgan fingerprint density at radius 2 is 1.89 bits per heavy atom. The van der Waals surface area contributed by atoms with Crippen LogP contribution in [0, 0.1) is 0 Å². The Bertz CT molecular complexity index is 1020. The molecule has 0 saturated carbocycles. The summed E-state index contributed by atoms with van der Waals surface area (Å²) in [5.74, 6) is 0.172. The highest BCUT2D eigenvalue weighted by atomic mass is 35.5. The monoisotopic (exact) mass is 473 g/mol. The molecule has 0 unspecified atom stereocenters. The summed E-state index contributed by atoms with van der Waals surface area (Å²) >= 11 is 25.6. The molecule has 144 valence electrons. The number of nitrogens with zero attached hydrogens (tertiary/aromatic N) is 3. The number of halogens is 4. The number of hydrogen-bond donors (Lipinski definition) is 0. The normalized spacial score (nSPS) is 14.1. The van der Waals surface area contributed by atoms with E-state index in [-0.39, 0.29) is 17.2 Å². The number of rotatable bonds is 4. The van der Waals surface area contributed by atoms with E-state index in [1.807, 2.05) is 6.07 Å². The van der Waals surface area contributed by atoms with Gasteiger partial charge in [0.1, 0.15) is 16.0 Å². The average Bonchev–Trinajstić information content (AvgIpc) is 3.01. The van der Waals surface area contributed by atoms with Crippen LogP contribution >= 0.6 is 57.7 Å². The van der Waals surface area contributed by atoms with E-state index in [1.165, 1.54) is 11.3 Å². The summed E-state index contributed by atoms with van der Waals surface area (Å²) in [6, 6.07) is 6.78. The molecule has 28 heavy (non-hydrogen) atoms. The highest BCUT2D eigenvalue weighted by Crippen LogP contribution is 2.38. The molecule has 1 aliphatic heterocycles. The zero-order chi connectivity index (χ0) is 19.8. The molecule has 2 aromatic heterocycles. The van der Waals surface area contributed by atoms with Crippen LogP contribution in [0.5, 0.6) is 5.75 Å². The lowest BCUT2D eigenvalue weighted by atomic mass is 10.1. The average molecular weight is 475 g/mol. The number of hydrogen-bond acceptors (Lipinski definition) is 5. The topological polar surface area (TPSA) is 55.3 Å². The largest absolute Gasteiger partial charge is 0.484 e. The second kappa shape index (κ2) is 8.05. The lowest BCUT2D eigenvalue weighted by molar-refractivity contribution is 0.0182. The van der Waals surface area contributed by atoms with Crippen LogP contribution in [-0.4, -0.2) is 40.0 Å². The molecule has 1 aromatic carbocycles. The van der Waals surface area contributed by atoms with E-state index in [1.54, 1.807) is 35.5 Å². The minimum atomic E-state index is -0.218. The Hall–Kier alpha value is -1.57. The van der Waals surface area contributed by atoms with Crippen molar-refractivity contribution in [3.8, 4) is 16.3 Å². The van der Waals surface area contributed by atoms with Gasteiger partial charge in [-0.1, -0.05) is 46.4 Å². The first-order valence-corrected chi connectivity index (χ1v) is 10.4. The minimum absolute atomic E-state index is 0.182. The number of amides is 1. The fourth-order valence-corrected chi connectivity index (χ4v) is 4.83. The Morgan fingerprint density at radius 3 is 2.54 bits per heavy atom. The molecular formula is C18H11Cl4N3O2S. The predicted octanol–water partition coefficient (Wildman–Crippen LogP) is 5.72. The molecule has 0 bridgehead atoms. The van der Waals surface area contributed by atoms with Crippen LogP contribution < -0.4 is 4.74 Å². The molecule has 4 rings (SSSR count). The molecule has 0 radical (unpaired) electrons. The van der Waals surface area contributed by atoms with Crippen molar-refractivity contribution < 1.29 is 9.53 Å². The SMILES string of the molecule is O=C(c1sc(-c2cccnc2)nc1Cl)N1CC(Oc2c(Cl)cc(Cl)cc2Cl)C1. The van der Waals surface area contributed by atoms with Gasteiger partial charge in [-0.25, -0.2) is 4.98 Å². The van der Waals surface area contributed by atoms with Gasteiger partial charge in [0.05, 0.1) is 23.1 Å². The summed E-state index contributed by atoms with van der Waals surface area (Å²) < 4.78 is 5.82. The van der Waals surface area contributed by atoms with Gasteiger partial charge in [0.25, 0.3) is 5.91 Å². The molecule has 0 atom stereocenters. The molecule has 1 fully saturated rings. The van der Waals surface area contributed by atoms with Gasteiger partial charge >= 0.3 is 0 Å². The molecule has 0 N–H and O–H groups in total. The van der Waals surface area contributed by atoms with Crippen LogP contribution in [0.15, 0.2) is 36.7 Å².